The van der Waals surface area contributed by atoms with E-state index in [4.69, 9.17) is 5.11 Å². The van der Waals surface area contributed by atoms with E-state index in [0.29, 0.717) is 5.69 Å². The van der Waals surface area contributed by atoms with Crippen LogP contribution in [0.2, 0.25) is 0 Å². The van der Waals surface area contributed by atoms with E-state index < -0.39 is 12.1 Å². The summed E-state index contributed by atoms with van der Waals surface area (Å²) in [5, 5.41) is 15.2. The largest absolute Gasteiger partial charge is 0.508 e. The number of phenolic OH excluding ortho intramolecular Hbond substituents is 1. The van der Waals surface area contributed by atoms with Gasteiger partial charge in [0.2, 0.25) is 0 Å². The number of nitrogens with zero attached hydrogens (tertiary/aromatic N) is 3. The van der Waals surface area contributed by atoms with Crippen LogP contribution in [0.5, 0.6) is 5.75 Å². The second-order valence-corrected chi connectivity index (χ2v) is 2.62. The van der Waals surface area contributed by atoms with Gasteiger partial charge in [0.1, 0.15) is 5.75 Å². The Morgan fingerprint density at radius 2 is 1.50 bits per heavy atom. The van der Waals surface area contributed by atoms with Crippen molar-refractivity contribution in [3.63, 3.8) is 0 Å². The molecule has 1 aliphatic rings. The normalized spacial score (nSPS) is 15.3. The van der Waals surface area contributed by atoms with Crippen LogP contribution in [0.3, 0.4) is 0 Å². The second kappa shape index (κ2) is 2.91. The minimum atomic E-state index is -0.722. The lowest BCUT2D eigenvalue weighted by molar-refractivity contribution is 0.249. The number of amides is 4. The highest BCUT2D eigenvalue weighted by Gasteiger charge is 2.28. The zero-order valence-electron chi connectivity index (χ0n) is 6.91. The molecule has 0 aliphatic carbocycles. The Morgan fingerprint density at radius 1 is 1.00 bits per heavy atom. The Morgan fingerprint density at radius 3 is 2.00 bits per heavy atom. The molecule has 1 N–H and O–H groups in total. The van der Waals surface area contributed by atoms with Gasteiger partial charge in [-0.2, -0.15) is 0 Å². The van der Waals surface area contributed by atoms with E-state index in [1.807, 2.05) is 0 Å². The van der Waals surface area contributed by atoms with Crippen molar-refractivity contribution < 1.29 is 14.7 Å². The van der Waals surface area contributed by atoms with Crippen molar-refractivity contribution in [2.45, 2.75) is 0 Å². The van der Waals surface area contributed by atoms with E-state index in [2.05, 4.69) is 10.2 Å². The second-order valence-electron chi connectivity index (χ2n) is 2.62. The van der Waals surface area contributed by atoms with Crippen LogP contribution >= 0.6 is 0 Å². The number of urea groups is 2. The van der Waals surface area contributed by atoms with Crippen molar-refractivity contribution >= 4 is 17.7 Å². The maximum absolute atomic E-state index is 11.1. The number of hydrogen-bond donors (Lipinski definition) is 1. The van der Waals surface area contributed by atoms with Gasteiger partial charge in [0.25, 0.3) is 0 Å². The van der Waals surface area contributed by atoms with Gasteiger partial charge in [-0.25, -0.2) is 14.5 Å². The molecular formula is C8H5N3O3. The summed E-state index contributed by atoms with van der Waals surface area (Å²) >= 11 is 0. The van der Waals surface area contributed by atoms with E-state index in [0.717, 1.165) is 4.90 Å². The van der Waals surface area contributed by atoms with Gasteiger partial charge in [0.15, 0.2) is 0 Å². The summed E-state index contributed by atoms with van der Waals surface area (Å²) in [7, 11) is 0. The minimum absolute atomic E-state index is 0.0572. The van der Waals surface area contributed by atoms with Gasteiger partial charge in [-0.1, -0.05) is 10.2 Å². The van der Waals surface area contributed by atoms with Crippen LogP contribution in [-0.4, -0.2) is 17.2 Å². The third-order valence-electron chi connectivity index (χ3n) is 1.71. The molecule has 1 heterocycles. The minimum Gasteiger partial charge on any atom is -0.508 e. The van der Waals surface area contributed by atoms with Crippen LogP contribution in [0.1, 0.15) is 0 Å². The van der Waals surface area contributed by atoms with Crippen LogP contribution in [0, 0.1) is 0 Å². The number of carbonyl (C=O) groups is 2. The first-order valence-corrected chi connectivity index (χ1v) is 3.77. The number of aromatic hydroxyl groups is 1. The third kappa shape index (κ3) is 1.22. The van der Waals surface area contributed by atoms with Crippen LogP contribution in [0.25, 0.3) is 0 Å². The smallest absolute Gasteiger partial charge is 0.375 e. The number of rotatable bonds is 1. The van der Waals surface area contributed by atoms with E-state index in [-0.39, 0.29) is 5.75 Å². The number of benzene rings is 1. The third-order valence-corrected chi connectivity index (χ3v) is 1.71. The van der Waals surface area contributed by atoms with Gasteiger partial charge in [-0.05, 0) is 24.3 Å². The summed E-state index contributed by atoms with van der Waals surface area (Å²) in [6.07, 6.45) is 0. The van der Waals surface area contributed by atoms with Crippen molar-refractivity contribution in [1.82, 2.24) is 0 Å². The fraction of sp³-hybridized carbons (Fsp3) is 0. The van der Waals surface area contributed by atoms with Crippen LogP contribution in [0.4, 0.5) is 15.3 Å². The fourth-order valence-electron chi connectivity index (χ4n) is 1.08. The van der Waals surface area contributed by atoms with Gasteiger partial charge >= 0.3 is 12.1 Å². The zero-order chi connectivity index (χ0) is 10.1. The molecule has 0 fully saturated rings. The van der Waals surface area contributed by atoms with Gasteiger partial charge in [-0.3, -0.25) is 0 Å². The molecule has 0 aromatic heterocycles. The summed E-state index contributed by atoms with van der Waals surface area (Å²) < 4.78 is 0. The predicted octanol–water partition coefficient (Wildman–Crippen LogP) is 1.90. The molecule has 1 aromatic rings. The highest BCUT2D eigenvalue weighted by atomic mass is 16.3. The van der Waals surface area contributed by atoms with Gasteiger partial charge in [0.05, 0.1) is 5.69 Å². The molecule has 6 nitrogen and oxygen atoms in total. The Balaban J connectivity index is 2.36. The quantitative estimate of drug-likeness (QED) is 0.735. The van der Waals surface area contributed by atoms with Crippen molar-refractivity contribution in [2.75, 3.05) is 4.90 Å². The van der Waals surface area contributed by atoms with Gasteiger partial charge in [0, 0.05) is 0 Å². The summed E-state index contributed by atoms with van der Waals surface area (Å²) in [5.74, 6) is 0.0572. The maximum Gasteiger partial charge on any atom is 0.375 e. The molecule has 0 atom stereocenters. The standard InChI is InChI=1S/C8H5N3O3/c12-6-3-1-5(2-4-6)11-7(13)9-10-8(11)14/h1-4,12H. The number of azo groups is 1. The molecule has 6 heteroatoms. The average Bonchev–Trinajstić information content (AvgIpc) is 2.49. The summed E-state index contributed by atoms with van der Waals surface area (Å²) in [4.78, 5) is 22.9. The van der Waals surface area contributed by atoms with E-state index in [9.17, 15) is 9.59 Å². The van der Waals surface area contributed by atoms with Gasteiger partial charge in [-0.15, -0.1) is 0 Å². The molecule has 1 aromatic carbocycles. The van der Waals surface area contributed by atoms with Crippen LogP contribution in [-0.2, 0) is 0 Å². The molecule has 0 radical (unpaired) electrons. The van der Waals surface area contributed by atoms with Crippen molar-refractivity contribution in [3.05, 3.63) is 24.3 Å². The Labute approximate surface area is 78.5 Å². The number of anilines is 1. The monoisotopic (exact) mass is 191 g/mol. The van der Waals surface area contributed by atoms with Crippen molar-refractivity contribution in [1.29, 1.82) is 0 Å². The number of phenols is 1. The summed E-state index contributed by atoms with van der Waals surface area (Å²) in [6.45, 7) is 0. The predicted molar refractivity (Wildman–Crippen MR) is 46.2 cm³/mol. The lowest BCUT2D eigenvalue weighted by atomic mass is 10.3. The lowest BCUT2D eigenvalue weighted by Crippen LogP contribution is -2.27. The first kappa shape index (κ1) is 8.36. The molecular weight excluding hydrogens is 186 g/mol. The molecule has 0 saturated carbocycles. The Bertz CT molecular complexity index is 406. The molecule has 1 aliphatic heterocycles. The van der Waals surface area contributed by atoms with E-state index >= 15 is 0 Å². The topological polar surface area (TPSA) is 82.3 Å². The molecule has 0 unspecified atom stereocenters. The molecule has 4 amide bonds. The molecule has 0 spiro atoms. The first-order chi connectivity index (χ1) is 6.68. The molecule has 0 saturated heterocycles. The molecule has 2 rings (SSSR count). The maximum atomic E-state index is 11.1. The Kier molecular flexibility index (Phi) is 1.74. The van der Waals surface area contributed by atoms with Gasteiger partial charge < -0.3 is 5.11 Å². The number of carbonyl (C=O) groups excluding carboxylic acids is 2. The highest BCUT2D eigenvalue weighted by Crippen LogP contribution is 2.22. The van der Waals surface area contributed by atoms with Crippen molar-refractivity contribution in [2.24, 2.45) is 10.2 Å². The molecule has 70 valence electrons. The summed E-state index contributed by atoms with van der Waals surface area (Å²) in [6, 6.07) is 4.16. The van der Waals surface area contributed by atoms with E-state index in [1.54, 1.807) is 0 Å². The summed E-state index contributed by atoms with van der Waals surface area (Å²) in [5.41, 5.74) is 0.336. The van der Waals surface area contributed by atoms with E-state index in [1.165, 1.54) is 24.3 Å². The number of hydrogen-bond acceptors (Lipinski definition) is 3. The number of imide groups is 1. The first-order valence-electron chi connectivity index (χ1n) is 3.77. The van der Waals surface area contributed by atoms with Crippen LogP contribution in [0.15, 0.2) is 34.5 Å². The SMILES string of the molecule is O=C1N=NC(=O)N1c1ccc(O)cc1. The highest BCUT2D eigenvalue weighted by molar-refractivity contribution is 6.17. The van der Waals surface area contributed by atoms with Crippen LogP contribution < -0.4 is 4.90 Å². The zero-order valence-corrected chi connectivity index (χ0v) is 6.91. The molecule has 0 bridgehead atoms. The fourth-order valence-corrected chi connectivity index (χ4v) is 1.08. The van der Waals surface area contributed by atoms with Crippen molar-refractivity contribution in [3.8, 4) is 5.75 Å². The average molecular weight is 191 g/mol. The lowest BCUT2D eigenvalue weighted by Gasteiger charge is -2.09. The Hall–Kier alpha value is -2.24. The molecule has 14 heavy (non-hydrogen) atoms.